The predicted octanol–water partition coefficient (Wildman–Crippen LogP) is 3.75. The monoisotopic (exact) mass is 409 g/mol. The Hall–Kier alpha value is -2.70. The van der Waals surface area contributed by atoms with Gasteiger partial charge in [0.2, 0.25) is 0 Å². The number of aryl methyl sites for hydroxylation is 1. The minimum atomic E-state index is -0.0802. The first-order chi connectivity index (χ1) is 14.1. The minimum absolute atomic E-state index is 0.0802. The number of benzene rings is 2. The Morgan fingerprint density at radius 3 is 2.69 bits per heavy atom. The van der Waals surface area contributed by atoms with E-state index in [0.717, 1.165) is 35.0 Å². The fraction of sp³-hybridized carbons (Fsp3) is 0.304. The second kappa shape index (κ2) is 10.2. The Bertz CT molecular complexity index is 1020. The van der Waals surface area contributed by atoms with E-state index in [1.54, 1.807) is 7.11 Å². The highest BCUT2D eigenvalue weighted by Crippen LogP contribution is 2.15. The molecule has 0 atom stereocenters. The molecule has 0 saturated heterocycles. The summed E-state index contributed by atoms with van der Waals surface area (Å²) in [5.74, 6) is 0. The number of thiocarbonyl (C=S) groups is 1. The zero-order valence-corrected chi connectivity index (χ0v) is 17.7. The number of hydrogen-bond acceptors (Lipinski definition) is 3. The molecule has 0 unspecified atom stereocenters. The summed E-state index contributed by atoms with van der Waals surface area (Å²) in [5, 5.41) is 4.94. The van der Waals surface area contributed by atoms with Crippen LogP contribution >= 0.6 is 12.2 Å². The van der Waals surface area contributed by atoms with Crippen molar-refractivity contribution in [2.45, 2.75) is 26.4 Å². The lowest BCUT2D eigenvalue weighted by Crippen LogP contribution is -2.40. The second-order valence-corrected chi connectivity index (χ2v) is 7.52. The SMILES string of the molecule is COCCCNC(=S)N(Cc1ccccc1)Cc1cc2ccc(C)cc2[nH]c1=O. The average molecular weight is 410 g/mol. The maximum Gasteiger partial charge on any atom is 0.253 e. The van der Waals surface area contributed by atoms with Crippen molar-refractivity contribution in [3.05, 3.63) is 81.6 Å². The largest absolute Gasteiger partial charge is 0.385 e. The molecule has 0 bridgehead atoms. The molecule has 2 aromatic carbocycles. The fourth-order valence-electron chi connectivity index (χ4n) is 3.21. The van der Waals surface area contributed by atoms with Crippen LogP contribution in [0.25, 0.3) is 10.9 Å². The van der Waals surface area contributed by atoms with Crippen LogP contribution in [-0.2, 0) is 17.8 Å². The predicted molar refractivity (Wildman–Crippen MR) is 122 cm³/mol. The van der Waals surface area contributed by atoms with Crippen LogP contribution in [0.1, 0.15) is 23.1 Å². The van der Waals surface area contributed by atoms with E-state index in [0.29, 0.717) is 30.4 Å². The normalized spacial score (nSPS) is 10.8. The third-order valence-corrected chi connectivity index (χ3v) is 5.15. The maximum atomic E-state index is 12.7. The van der Waals surface area contributed by atoms with Crippen LogP contribution in [0.2, 0.25) is 0 Å². The number of methoxy groups -OCH3 is 1. The third-order valence-electron chi connectivity index (χ3n) is 4.74. The first-order valence-electron chi connectivity index (χ1n) is 9.75. The zero-order valence-electron chi connectivity index (χ0n) is 16.9. The second-order valence-electron chi connectivity index (χ2n) is 7.13. The van der Waals surface area contributed by atoms with Crippen molar-refractivity contribution >= 4 is 28.2 Å². The van der Waals surface area contributed by atoms with Gasteiger partial charge in [-0.15, -0.1) is 0 Å². The molecule has 3 aromatic rings. The summed E-state index contributed by atoms with van der Waals surface area (Å²) in [6.07, 6.45) is 0.867. The number of nitrogens with zero attached hydrogens (tertiary/aromatic N) is 1. The maximum absolute atomic E-state index is 12.7. The van der Waals surface area contributed by atoms with E-state index in [9.17, 15) is 4.79 Å². The molecule has 3 rings (SSSR count). The van der Waals surface area contributed by atoms with Crippen molar-refractivity contribution in [3.8, 4) is 0 Å². The standard InChI is InChI=1S/C23H27N3O2S/c1-17-9-10-19-14-20(22(27)25-21(19)13-17)16-26(15-18-7-4-3-5-8-18)23(29)24-11-6-12-28-2/h3-5,7-10,13-14H,6,11-12,15-16H2,1-2H3,(H,24,29)(H,25,27). The van der Waals surface area contributed by atoms with E-state index < -0.39 is 0 Å². The molecular weight excluding hydrogens is 382 g/mol. The van der Waals surface area contributed by atoms with Gasteiger partial charge in [-0.25, -0.2) is 0 Å². The van der Waals surface area contributed by atoms with Crippen LogP contribution in [0.3, 0.4) is 0 Å². The quantitative estimate of drug-likeness (QED) is 0.438. The molecular formula is C23H27N3O2S. The summed E-state index contributed by atoms with van der Waals surface area (Å²) in [5.41, 5.74) is 3.73. The Morgan fingerprint density at radius 2 is 1.93 bits per heavy atom. The lowest BCUT2D eigenvalue weighted by molar-refractivity contribution is 0.195. The molecule has 0 saturated carbocycles. The molecule has 152 valence electrons. The molecule has 0 aliphatic heterocycles. The number of aromatic amines is 1. The van der Waals surface area contributed by atoms with Gasteiger partial charge in [0.1, 0.15) is 0 Å². The summed E-state index contributed by atoms with van der Waals surface area (Å²) >= 11 is 5.64. The van der Waals surface area contributed by atoms with Crippen LogP contribution in [0.4, 0.5) is 0 Å². The molecule has 0 spiro atoms. The van der Waals surface area contributed by atoms with Crippen molar-refractivity contribution in [2.24, 2.45) is 0 Å². The van der Waals surface area contributed by atoms with Gasteiger partial charge in [0.25, 0.3) is 5.56 Å². The van der Waals surface area contributed by atoms with Crippen molar-refractivity contribution in [1.82, 2.24) is 15.2 Å². The number of aromatic nitrogens is 1. The topological polar surface area (TPSA) is 57.4 Å². The highest BCUT2D eigenvalue weighted by atomic mass is 32.1. The van der Waals surface area contributed by atoms with Crippen LogP contribution in [0.5, 0.6) is 0 Å². The summed E-state index contributed by atoms with van der Waals surface area (Å²) < 4.78 is 5.10. The van der Waals surface area contributed by atoms with E-state index >= 15 is 0 Å². The lowest BCUT2D eigenvalue weighted by Gasteiger charge is -2.26. The molecule has 0 aliphatic rings. The van der Waals surface area contributed by atoms with Gasteiger partial charge >= 0.3 is 0 Å². The number of fused-ring (bicyclic) bond motifs is 1. The fourth-order valence-corrected chi connectivity index (χ4v) is 3.44. The highest BCUT2D eigenvalue weighted by Gasteiger charge is 2.14. The molecule has 1 aromatic heterocycles. The van der Waals surface area contributed by atoms with E-state index in [-0.39, 0.29) is 5.56 Å². The van der Waals surface area contributed by atoms with Crippen molar-refractivity contribution < 1.29 is 4.74 Å². The number of ether oxygens (including phenoxy) is 1. The van der Waals surface area contributed by atoms with Gasteiger partial charge in [0.05, 0.1) is 6.54 Å². The Labute approximate surface area is 176 Å². The molecule has 0 radical (unpaired) electrons. The molecule has 1 heterocycles. The minimum Gasteiger partial charge on any atom is -0.385 e. The molecule has 0 amide bonds. The number of rotatable bonds is 8. The Balaban J connectivity index is 1.82. The van der Waals surface area contributed by atoms with Crippen LogP contribution in [-0.4, -0.2) is 35.3 Å². The molecule has 0 aliphatic carbocycles. The van der Waals surface area contributed by atoms with Crippen LogP contribution < -0.4 is 10.9 Å². The van der Waals surface area contributed by atoms with Gasteiger partial charge in [-0.1, -0.05) is 42.5 Å². The van der Waals surface area contributed by atoms with Crippen molar-refractivity contribution in [2.75, 3.05) is 20.3 Å². The van der Waals surface area contributed by atoms with Gasteiger partial charge in [-0.3, -0.25) is 4.79 Å². The summed E-state index contributed by atoms with van der Waals surface area (Å²) in [4.78, 5) is 17.7. The van der Waals surface area contributed by atoms with Gasteiger partial charge in [0.15, 0.2) is 5.11 Å². The summed E-state index contributed by atoms with van der Waals surface area (Å²) in [6, 6.07) is 18.2. The van der Waals surface area contributed by atoms with E-state index in [1.165, 1.54) is 0 Å². The Kier molecular flexibility index (Phi) is 7.38. The third kappa shape index (κ3) is 5.89. The highest BCUT2D eigenvalue weighted by molar-refractivity contribution is 7.80. The van der Waals surface area contributed by atoms with Gasteiger partial charge < -0.3 is 19.9 Å². The van der Waals surface area contributed by atoms with E-state index in [4.69, 9.17) is 17.0 Å². The summed E-state index contributed by atoms with van der Waals surface area (Å²) in [7, 11) is 1.69. The van der Waals surface area contributed by atoms with Gasteiger partial charge in [-0.05, 0) is 54.2 Å². The number of nitrogens with one attached hydrogen (secondary N) is 2. The molecule has 0 fully saturated rings. The van der Waals surface area contributed by atoms with Crippen molar-refractivity contribution in [1.29, 1.82) is 0 Å². The zero-order chi connectivity index (χ0) is 20.6. The van der Waals surface area contributed by atoms with Crippen LogP contribution in [0.15, 0.2) is 59.4 Å². The lowest BCUT2D eigenvalue weighted by atomic mass is 10.1. The van der Waals surface area contributed by atoms with Crippen LogP contribution in [0, 0.1) is 6.92 Å². The van der Waals surface area contributed by atoms with Gasteiger partial charge in [0, 0.05) is 37.9 Å². The van der Waals surface area contributed by atoms with E-state index in [1.807, 2.05) is 54.3 Å². The number of hydrogen-bond donors (Lipinski definition) is 2. The van der Waals surface area contributed by atoms with E-state index in [2.05, 4.69) is 22.4 Å². The number of H-pyrrole nitrogens is 1. The van der Waals surface area contributed by atoms with Gasteiger partial charge in [-0.2, -0.15) is 0 Å². The summed E-state index contributed by atoms with van der Waals surface area (Å²) in [6.45, 7) is 4.48. The first-order valence-corrected chi connectivity index (χ1v) is 10.2. The first kappa shape index (κ1) is 21.0. The Morgan fingerprint density at radius 1 is 1.14 bits per heavy atom. The smallest absolute Gasteiger partial charge is 0.253 e. The molecule has 2 N–H and O–H groups in total. The van der Waals surface area contributed by atoms with Crippen molar-refractivity contribution in [3.63, 3.8) is 0 Å². The number of pyridine rings is 1. The molecule has 6 heteroatoms. The average Bonchev–Trinajstić information content (AvgIpc) is 2.72. The molecule has 29 heavy (non-hydrogen) atoms. The molecule has 5 nitrogen and oxygen atoms in total.